The number of rotatable bonds is 6. The molecule has 0 unspecified atom stereocenters. The van der Waals surface area contributed by atoms with Crippen molar-refractivity contribution in [2.45, 2.75) is 31.8 Å². The lowest BCUT2D eigenvalue weighted by atomic mass is 10.1. The number of hydrogen-bond acceptors (Lipinski definition) is 3. The molecule has 1 saturated carbocycles. The van der Waals surface area contributed by atoms with Gasteiger partial charge >= 0.3 is 0 Å². The standard InChI is InChI=1S/C21H19F2NO3/c1-26-17-6-7-18-14(12-27-20(18)10-17)8-21(25)24(16-4-5-16)11-13-2-3-15(22)9-19(13)23/h2-3,6-7,9-10,12,16H,4-5,8,11H2,1H3. The molecule has 140 valence electrons. The number of benzene rings is 2. The zero-order chi connectivity index (χ0) is 19.0. The highest BCUT2D eigenvalue weighted by molar-refractivity contribution is 5.88. The maximum atomic E-state index is 14.0. The number of carbonyl (C=O) groups is 1. The van der Waals surface area contributed by atoms with Crippen molar-refractivity contribution in [3.05, 3.63) is 65.4 Å². The molecule has 0 N–H and O–H groups in total. The zero-order valence-electron chi connectivity index (χ0n) is 14.9. The van der Waals surface area contributed by atoms with Crippen LogP contribution in [-0.2, 0) is 17.8 Å². The maximum absolute atomic E-state index is 14.0. The van der Waals surface area contributed by atoms with Gasteiger partial charge in [0.05, 0.1) is 19.8 Å². The Hall–Kier alpha value is -2.89. The highest BCUT2D eigenvalue weighted by atomic mass is 19.1. The Bertz CT molecular complexity index is 994. The summed E-state index contributed by atoms with van der Waals surface area (Å²) in [5.74, 6) is -0.670. The average molecular weight is 371 g/mol. The number of carbonyl (C=O) groups excluding carboxylic acids is 1. The molecule has 1 aliphatic carbocycles. The number of amides is 1. The van der Waals surface area contributed by atoms with Gasteiger partial charge in [0.25, 0.3) is 0 Å². The molecule has 0 radical (unpaired) electrons. The van der Waals surface area contributed by atoms with Crippen molar-refractivity contribution in [2.75, 3.05) is 7.11 Å². The first-order valence-electron chi connectivity index (χ1n) is 8.82. The predicted molar refractivity (Wildman–Crippen MR) is 96.4 cm³/mol. The molecule has 27 heavy (non-hydrogen) atoms. The van der Waals surface area contributed by atoms with E-state index in [2.05, 4.69) is 0 Å². The second-order valence-corrected chi connectivity index (χ2v) is 6.79. The molecule has 1 aliphatic rings. The first kappa shape index (κ1) is 17.5. The first-order chi connectivity index (χ1) is 13.0. The van der Waals surface area contributed by atoms with Gasteiger partial charge in [-0.1, -0.05) is 6.07 Å². The molecule has 3 aromatic rings. The molecular weight excluding hydrogens is 352 g/mol. The normalized spacial score (nSPS) is 13.7. The smallest absolute Gasteiger partial charge is 0.227 e. The van der Waals surface area contributed by atoms with Crippen LogP contribution in [0.15, 0.2) is 47.1 Å². The van der Waals surface area contributed by atoms with Crippen molar-refractivity contribution in [2.24, 2.45) is 0 Å². The third-order valence-corrected chi connectivity index (χ3v) is 4.87. The SMILES string of the molecule is COc1ccc2c(CC(=O)N(Cc3ccc(F)cc3F)C3CC3)coc2c1. The molecule has 0 atom stereocenters. The van der Waals surface area contributed by atoms with Crippen LogP contribution in [0.2, 0.25) is 0 Å². The van der Waals surface area contributed by atoms with Gasteiger partial charge < -0.3 is 14.1 Å². The van der Waals surface area contributed by atoms with Gasteiger partial charge in [0.2, 0.25) is 5.91 Å². The Balaban J connectivity index is 1.54. The fraction of sp³-hybridized carbons (Fsp3) is 0.286. The zero-order valence-corrected chi connectivity index (χ0v) is 14.9. The van der Waals surface area contributed by atoms with Crippen molar-refractivity contribution in [1.82, 2.24) is 4.90 Å². The summed E-state index contributed by atoms with van der Waals surface area (Å²) < 4.78 is 37.9. The van der Waals surface area contributed by atoms with Crippen molar-refractivity contribution in [3.8, 4) is 5.75 Å². The number of methoxy groups -OCH3 is 1. The van der Waals surface area contributed by atoms with E-state index in [-0.39, 0.29) is 24.9 Å². The molecule has 0 spiro atoms. The summed E-state index contributed by atoms with van der Waals surface area (Å²) in [5.41, 5.74) is 1.75. The summed E-state index contributed by atoms with van der Waals surface area (Å²) in [6.45, 7) is 0.138. The molecule has 1 aromatic heterocycles. The Kier molecular flexibility index (Phi) is 4.56. The van der Waals surface area contributed by atoms with Crippen LogP contribution in [0.4, 0.5) is 8.78 Å². The van der Waals surface area contributed by atoms with Gasteiger partial charge in [-0.25, -0.2) is 8.78 Å². The van der Waals surface area contributed by atoms with E-state index in [1.54, 1.807) is 24.3 Å². The van der Waals surface area contributed by atoms with Gasteiger partial charge in [0.15, 0.2) is 0 Å². The molecule has 1 amide bonds. The van der Waals surface area contributed by atoms with Gasteiger partial charge in [-0.15, -0.1) is 0 Å². The minimum atomic E-state index is -0.630. The van der Waals surface area contributed by atoms with Crippen LogP contribution >= 0.6 is 0 Å². The van der Waals surface area contributed by atoms with Crippen molar-refractivity contribution in [3.63, 3.8) is 0 Å². The molecule has 0 saturated heterocycles. The number of hydrogen-bond donors (Lipinski definition) is 0. The summed E-state index contributed by atoms with van der Waals surface area (Å²) in [4.78, 5) is 14.6. The third-order valence-electron chi connectivity index (χ3n) is 4.87. The van der Waals surface area contributed by atoms with Crippen LogP contribution in [0.25, 0.3) is 11.0 Å². The van der Waals surface area contributed by atoms with Crippen molar-refractivity contribution in [1.29, 1.82) is 0 Å². The van der Waals surface area contributed by atoms with Crippen LogP contribution in [0.1, 0.15) is 24.0 Å². The summed E-state index contributed by atoms with van der Waals surface area (Å²) in [5, 5.41) is 0.854. The van der Waals surface area contributed by atoms with Crippen molar-refractivity contribution >= 4 is 16.9 Å². The van der Waals surface area contributed by atoms with Gasteiger partial charge in [0.1, 0.15) is 23.0 Å². The summed E-state index contributed by atoms with van der Waals surface area (Å²) in [6, 6.07) is 9.02. The molecular formula is C21H19F2NO3. The number of halogens is 2. The minimum absolute atomic E-state index is 0.0975. The number of furan rings is 1. The molecule has 6 heteroatoms. The van der Waals surface area contributed by atoms with E-state index in [0.29, 0.717) is 16.9 Å². The molecule has 4 rings (SSSR count). The largest absolute Gasteiger partial charge is 0.497 e. The monoisotopic (exact) mass is 371 g/mol. The number of ether oxygens (including phenoxy) is 1. The maximum Gasteiger partial charge on any atom is 0.227 e. The van der Waals surface area contributed by atoms with E-state index < -0.39 is 11.6 Å². The molecule has 1 fully saturated rings. The van der Waals surface area contributed by atoms with Crippen LogP contribution in [0.5, 0.6) is 5.75 Å². The van der Waals surface area contributed by atoms with Gasteiger partial charge in [-0.2, -0.15) is 0 Å². The lowest BCUT2D eigenvalue weighted by Crippen LogP contribution is -2.34. The average Bonchev–Trinajstić information content (AvgIpc) is 3.42. The molecule has 1 heterocycles. The highest BCUT2D eigenvalue weighted by Crippen LogP contribution is 2.31. The van der Waals surface area contributed by atoms with E-state index in [1.807, 2.05) is 12.1 Å². The Labute approximate surface area is 155 Å². The van der Waals surface area contributed by atoms with Crippen LogP contribution in [0.3, 0.4) is 0 Å². The Morgan fingerprint density at radius 3 is 2.70 bits per heavy atom. The van der Waals surface area contributed by atoms with E-state index in [4.69, 9.17) is 9.15 Å². The second-order valence-electron chi connectivity index (χ2n) is 6.79. The number of fused-ring (bicyclic) bond motifs is 1. The van der Waals surface area contributed by atoms with E-state index >= 15 is 0 Å². The van der Waals surface area contributed by atoms with Crippen LogP contribution in [0, 0.1) is 11.6 Å². The predicted octanol–water partition coefficient (Wildman–Crippen LogP) is 4.45. The summed E-state index contributed by atoms with van der Waals surface area (Å²) >= 11 is 0. The third kappa shape index (κ3) is 3.65. The van der Waals surface area contributed by atoms with Gasteiger partial charge in [0, 0.05) is 41.2 Å². The Morgan fingerprint density at radius 1 is 1.19 bits per heavy atom. The summed E-state index contributed by atoms with van der Waals surface area (Å²) in [7, 11) is 1.58. The van der Waals surface area contributed by atoms with Gasteiger partial charge in [-0.05, 0) is 31.0 Å². The van der Waals surface area contributed by atoms with Crippen LogP contribution in [-0.4, -0.2) is 24.0 Å². The molecule has 0 bridgehead atoms. The molecule has 4 nitrogen and oxygen atoms in total. The molecule has 2 aromatic carbocycles. The Morgan fingerprint density at radius 2 is 2.00 bits per heavy atom. The summed E-state index contributed by atoms with van der Waals surface area (Å²) in [6.07, 6.45) is 3.54. The fourth-order valence-electron chi connectivity index (χ4n) is 3.23. The quantitative estimate of drug-likeness (QED) is 0.643. The van der Waals surface area contributed by atoms with E-state index in [9.17, 15) is 13.6 Å². The second kappa shape index (κ2) is 7.02. The number of nitrogens with zero attached hydrogens (tertiary/aromatic N) is 1. The van der Waals surface area contributed by atoms with E-state index in [1.165, 1.54) is 12.1 Å². The van der Waals surface area contributed by atoms with Gasteiger partial charge in [-0.3, -0.25) is 4.79 Å². The van der Waals surface area contributed by atoms with E-state index in [0.717, 1.165) is 29.9 Å². The lowest BCUT2D eigenvalue weighted by Gasteiger charge is -2.23. The lowest BCUT2D eigenvalue weighted by molar-refractivity contribution is -0.131. The first-order valence-corrected chi connectivity index (χ1v) is 8.82. The topological polar surface area (TPSA) is 42.7 Å². The highest BCUT2D eigenvalue weighted by Gasteiger charge is 2.33. The fourth-order valence-corrected chi connectivity index (χ4v) is 3.23. The molecule has 0 aliphatic heterocycles. The van der Waals surface area contributed by atoms with Crippen molar-refractivity contribution < 1.29 is 22.7 Å². The minimum Gasteiger partial charge on any atom is -0.497 e. The van der Waals surface area contributed by atoms with Crippen LogP contribution < -0.4 is 4.74 Å².